The molecule has 2 aromatic carbocycles. The van der Waals surface area contributed by atoms with Gasteiger partial charge >= 0.3 is 0 Å². The van der Waals surface area contributed by atoms with Crippen LogP contribution in [0.1, 0.15) is 12.0 Å². The van der Waals surface area contributed by atoms with Gasteiger partial charge in [-0.15, -0.1) is 4.40 Å². The Morgan fingerprint density at radius 1 is 1.14 bits per heavy atom. The monoisotopic (exact) mass is 494 g/mol. The van der Waals surface area contributed by atoms with Gasteiger partial charge in [0.15, 0.2) is 5.17 Å². The third kappa shape index (κ3) is 5.57. The number of halogens is 1. The molecular formula is C20H19BrN2O4S2. The zero-order valence-corrected chi connectivity index (χ0v) is 18.8. The molecule has 0 bridgehead atoms. The van der Waals surface area contributed by atoms with E-state index in [9.17, 15) is 13.2 Å². The number of hydrogen-bond acceptors (Lipinski definition) is 5. The average Bonchev–Trinajstić information content (AvgIpc) is 2.99. The van der Waals surface area contributed by atoms with Crippen LogP contribution in [-0.2, 0) is 19.6 Å². The molecule has 1 saturated heterocycles. The van der Waals surface area contributed by atoms with Crippen LogP contribution in [0.15, 0.2) is 73.3 Å². The molecule has 3 rings (SSSR count). The molecule has 0 aliphatic carbocycles. The zero-order valence-electron chi connectivity index (χ0n) is 15.6. The Morgan fingerprint density at radius 2 is 1.83 bits per heavy atom. The normalized spacial score (nSPS) is 17.4. The number of methoxy groups -OCH3 is 1. The van der Waals surface area contributed by atoms with E-state index in [2.05, 4.69) is 20.3 Å². The summed E-state index contributed by atoms with van der Waals surface area (Å²) in [5.41, 5.74) is 0.841. The molecule has 9 heteroatoms. The van der Waals surface area contributed by atoms with Crippen molar-refractivity contribution in [2.45, 2.75) is 11.3 Å². The van der Waals surface area contributed by atoms with Gasteiger partial charge in [0, 0.05) is 24.7 Å². The van der Waals surface area contributed by atoms with Crippen LogP contribution in [0.25, 0.3) is 6.08 Å². The summed E-state index contributed by atoms with van der Waals surface area (Å²) in [5, 5.41) is 0.151. The summed E-state index contributed by atoms with van der Waals surface area (Å²) in [6.45, 7) is 0.777. The molecule has 0 N–H and O–H groups in total. The lowest BCUT2D eigenvalue weighted by Gasteiger charge is -2.15. The predicted molar refractivity (Wildman–Crippen MR) is 119 cm³/mol. The third-order valence-corrected chi connectivity index (χ3v) is 6.96. The first-order valence-corrected chi connectivity index (χ1v) is 11.8. The van der Waals surface area contributed by atoms with Crippen molar-refractivity contribution in [3.8, 4) is 0 Å². The summed E-state index contributed by atoms with van der Waals surface area (Å²) in [6.07, 6.45) is 2.30. The van der Waals surface area contributed by atoms with Gasteiger partial charge in [0.05, 0.1) is 9.80 Å². The van der Waals surface area contributed by atoms with Gasteiger partial charge in [0.25, 0.3) is 15.9 Å². The van der Waals surface area contributed by atoms with Crippen molar-refractivity contribution in [3.05, 3.63) is 69.5 Å². The van der Waals surface area contributed by atoms with E-state index < -0.39 is 10.0 Å². The van der Waals surface area contributed by atoms with E-state index in [4.69, 9.17) is 4.74 Å². The van der Waals surface area contributed by atoms with Gasteiger partial charge < -0.3 is 4.74 Å². The zero-order chi connectivity index (χ0) is 20.9. The molecule has 1 heterocycles. The molecule has 1 aliphatic rings. The fourth-order valence-corrected chi connectivity index (χ4v) is 5.09. The van der Waals surface area contributed by atoms with Gasteiger partial charge in [0.1, 0.15) is 0 Å². The van der Waals surface area contributed by atoms with Gasteiger partial charge in [-0.05, 0) is 54.1 Å². The number of amides is 1. The number of hydrogen-bond donors (Lipinski definition) is 0. The Morgan fingerprint density at radius 3 is 2.48 bits per heavy atom. The van der Waals surface area contributed by atoms with Crippen LogP contribution in [0.3, 0.4) is 0 Å². The van der Waals surface area contributed by atoms with E-state index in [1.54, 1.807) is 31.4 Å². The minimum atomic E-state index is -3.92. The maximum atomic E-state index is 12.9. The van der Waals surface area contributed by atoms with Crippen LogP contribution >= 0.6 is 27.7 Å². The van der Waals surface area contributed by atoms with Gasteiger partial charge in [-0.25, -0.2) is 0 Å². The summed E-state index contributed by atoms with van der Waals surface area (Å²) < 4.78 is 35.3. The Bertz CT molecular complexity index is 1040. The molecule has 152 valence electrons. The first-order valence-electron chi connectivity index (χ1n) is 8.76. The lowest BCUT2D eigenvalue weighted by molar-refractivity contribution is -0.122. The van der Waals surface area contributed by atoms with E-state index in [0.29, 0.717) is 24.5 Å². The Hall–Kier alpha value is -1.94. The predicted octanol–water partition coefficient (Wildman–Crippen LogP) is 4.15. The highest BCUT2D eigenvalue weighted by Crippen LogP contribution is 2.34. The first-order chi connectivity index (χ1) is 13.9. The minimum absolute atomic E-state index is 0.0859. The lowest BCUT2D eigenvalue weighted by atomic mass is 10.2. The maximum Gasteiger partial charge on any atom is 0.284 e. The minimum Gasteiger partial charge on any atom is -0.385 e. The third-order valence-electron chi connectivity index (χ3n) is 4.03. The van der Waals surface area contributed by atoms with E-state index in [1.165, 1.54) is 17.0 Å². The van der Waals surface area contributed by atoms with E-state index >= 15 is 0 Å². The Labute approximate surface area is 182 Å². The number of sulfonamides is 1. The fourth-order valence-electron chi connectivity index (χ4n) is 2.60. The standard InChI is InChI=1S/C20H19BrN2O4S2/c1-27-13-5-12-23-19(24)18(14-15-8-10-16(21)11-9-15)28-20(23)22-29(25,26)17-6-3-2-4-7-17/h2-4,6-11,14H,5,12-13H2,1H3/b18-14+,22-20?. The van der Waals surface area contributed by atoms with Crippen LogP contribution in [0.5, 0.6) is 0 Å². The Kier molecular flexibility index (Phi) is 7.28. The number of nitrogens with zero attached hydrogens (tertiary/aromatic N) is 2. The SMILES string of the molecule is COCCCN1C(=O)/C(=C\c2ccc(Br)cc2)SC1=NS(=O)(=O)c1ccccc1. The molecule has 1 aliphatic heterocycles. The number of carbonyl (C=O) groups is 1. The summed E-state index contributed by atoms with van der Waals surface area (Å²) in [7, 11) is -2.35. The van der Waals surface area contributed by atoms with Crippen molar-refractivity contribution in [1.29, 1.82) is 0 Å². The molecule has 1 fully saturated rings. The van der Waals surface area contributed by atoms with Crippen molar-refractivity contribution in [3.63, 3.8) is 0 Å². The van der Waals surface area contributed by atoms with Gasteiger partial charge in [-0.1, -0.05) is 46.3 Å². The molecule has 0 spiro atoms. The van der Waals surface area contributed by atoms with Gasteiger partial charge in [0.2, 0.25) is 0 Å². The summed E-state index contributed by atoms with van der Waals surface area (Å²) in [6, 6.07) is 15.5. The quantitative estimate of drug-likeness (QED) is 0.426. The van der Waals surface area contributed by atoms with Crippen LogP contribution < -0.4 is 0 Å². The first kappa shape index (κ1) is 21.8. The van der Waals surface area contributed by atoms with Crippen molar-refractivity contribution in [2.24, 2.45) is 4.40 Å². The number of amidine groups is 1. The van der Waals surface area contributed by atoms with E-state index in [0.717, 1.165) is 21.8 Å². The molecule has 0 atom stereocenters. The number of rotatable bonds is 7. The number of benzene rings is 2. The summed E-state index contributed by atoms with van der Waals surface area (Å²) in [4.78, 5) is 14.8. The van der Waals surface area contributed by atoms with Crippen molar-refractivity contribution >= 4 is 54.9 Å². The lowest BCUT2D eigenvalue weighted by Crippen LogP contribution is -2.31. The molecule has 29 heavy (non-hydrogen) atoms. The molecular weight excluding hydrogens is 476 g/mol. The average molecular weight is 495 g/mol. The van der Waals surface area contributed by atoms with Crippen LogP contribution in [0, 0.1) is 0 Å². The topological polar surface area (TPSA) is 76.0 Å². The molecule has 1 amide bonds. The highest BCUT2D eigenvalue weighted by Gasteiger charge is 2.34. The summed E-state index contributed by atoms with van der Waals surface area (Å²) >= 11 is 4.44. The smallest absolute Gasteiger partial charge is 0.284 e. The molecule has 6 nitrogen and oxygen atoms in total. The summed E-state index contributed by atoms with van der Waals surface area (Å²) in [5.74, 6) is -0.268. The van der Waals surface area contributed by atoms with E-state index in [-0.39, 0.29) is 16.0 Å². The molecule has 0 unspecified atom stereocenters. The van der Waals surface area contributed by atoms with Crippen molar-refractivity contribution in [1.82, 2.24) is 4.90 Å². The van der Waals surface area contributed by atoms with Crippen LogP contribution in [-0.4, -0.2) is 44.7 Å². The molecule has 0 radical (unpaired) electrons. The van der Waals surface area contributed by atoms with Crippen molar-refractivity contribution in [2.75, 3.05) is 20.3 Å². The number of carbonyl (C=O) groups excluding carboxylic acids is 1. The van der Waals surface area contributed by atoms with Gasteiger partial charge in [-0.2, -0.15) is 8.42 Å². The highest BCUT2D eigenvalue weighted by atomic mass is 79.9. The second-order valence-electron chi connectivity index (χ2n) is 6.13. The largest absolute Gasteiger partial charge is 0.385 e. The maximum absolute atomic E-state index is 12.9. The molecule has 0 aromatic heterocycles. The number of thioether (sulfide) groups is 1. The number of ether oxygens (including phenoxy) is 1. The Balaban J connectivity index is 1.94. The molecule has 2 aromatic rings. The second kappa shape index (κ2) is 9.71. The second-order valence-corrected chi connectivity index (χ2v) is 9.66. The van der Waals surface area contributed by atoms with Crippen molar-refractivity contribution < 1.29 is 17.9 Å². The molecule has 0 saturated carbocycles. The fraction of sp³-hybridized carbons (Fsp3) is 0.200. The van der Waals surface area contributed by atoms with Crippen LogP contribution in [0.4, 0.5) is 0 Å². The highest BCUT2D eigenvalue weighted by molar-refractivity contribution is 9.10. The van der Waals surface area contributed by atoms with E-state index in [1.807, 2.05) is 24.3 Å². The van der Waals surface area contributed by atoms with Crippen LogP contribution in [0.2, 0.25) is 0 Å². The van der Waals surface area contributed by atoms with Gasteiger partial charge in [-0.3, -0.25) is 9.69 Å².